The summed E-state index contributed by atoms with van der Waals surface area (Å²) in [5, 5.41) is 38.3. The number of carboxylic acid groups (broad SMARTS) is 3. The van der Waals surface area contributed by atoms with Crippen LogP contribution < -0.4 is 4.74 Å². The number of para-hydroxylation sites is 1. The van der Waals surface area contributed by atoms with Gasteiger partial charge in [0.1, 0.15) is 5.75 Å². The standard InChI is InChI=1S/C20H27N3O2.C6H8O7/c1-4-23-14-18(16(2)21-23)13-22(15-19-9-7-11-25-19)12-17-8-5-6-10-20(17)24-3;7-3(8)1-6(13,5(11)12)2-4(9)10/h4-6,8,10,14,19H,1,7,9,11-13,15H2,2-3H3;13H,1-2H2,(H,7,8)(H,9,10)(H,11,12). The van der Waals surface area contributed by atoms with E-state index in [1.54, 1.807) is 18.0 Å². The van der Waals surface area contributed by atoms with E-state index in [4.69, 9.17) is 29.9 Å². The SMILES string of the molecule is C=Cn1cc(CN(Cc2ccccc2OC)CC2CCCO2)c(C)n1.O=C(O)CC(O)(CC(=O)O)C(=O)O. The van der Waals surface area contributed by atoms with E-state index in [-0.39, 0.29) is 0 Å². The Hall–Kier alpha value is -3.74. The number of hydrogen-bond acceptors (Lipinski definition) is 8. The Kier molecular flexibility index (Phi) is 11.4. The Bertz CT molecular complexity index is 1090. The lowest BCUT2D eigenvalue weighted by atomic mass is 9.96. The van der Waals surface area contributed by atoms with Crippen LogP contribution in [0, 0.1) is 6.92 Å². The van der Waals surface area contributed by atoms with Crippen molar-refractivity contribution >= 4 is 24.1 Å². The smallest absolute Gasteiger partial charge is 0.336 e. The van der Waals surface area contributed by atoms with E-state index in [0.29, 0.717) is 6.10 Å². The van der Waals surface area contributed by atoms with Crippen LogP contribution in [0.4, 0.5) is 0 Å². The Balaban J connectivity index is 0.000000332. The summed E-state index contributed by atoms with van der Waals surface area (Å²) >= 11 is 0. The van der Waals surface area contributed by atoms with Gasteiger partial charge in [-0.15, -0.1) is 0 Å². The number of nitrogens with zero attached hydrogens (tertiary/aromatic N) is 3. The van der Waals surface area contributed by atoms with Gasteiger partial charge in [-0.25, -0.2) is 9.48 Å². The third-order valence-electron chi connectivity index (χ3n) is 5.96. The summed E-state index contributed by atoms with van der Waals surface area (Å²) in [5.74, 6) is -4.09. The zero-order chi connectivity index (χ0) is 28.3. The molecule has 1 aliphatic rings. The molecule has 1 aromatic heterocycles. The number of rotatable bonds is 13. The first-order chi connectivity index (χ1) is 18.0. The summed E-state index contributed by atoms with van der Waals surface area (Å²) in [5.41, 5.74) is 0.708. The highest BCUT2D eigenvalue weighted by Crippen LogP contribution is 2.23. The van der Waals surface area contributed by atoms with E-state index in [0.717, 1.165) is 50.5 Å². The maximum absolute atomic E-state index is 10.3. The first-order valence-corrected chi connectivity index (χ1v) is 12.0. The number of hydrogen-bond donors (Lipinski definition) is 4. The van der Waals surface area contributed by atoms with Crippen LogP contribution in [0.3, 0.4) is 0 Å². The molecule has 12 nitrogen and oxygen atoms in total. The van der Waals surface area contributed by atoms with Crippen molar-refractivity contribution in [3.05, 3.63) is 53.9 Å². The molecule has 1 fully saturated rings. The van der Waals surface area contributed by atoms with Crippen LogP contribution in [0.25, 0.3) is 6.20 Å². The van der Waals surface area contributed by atoms with Crippen LogP contribution in [0.1, 0.15) is 42.5 Å². The number of carbonyl (C=O) groups is 3. The summed E-state index contributed by atoms with van der Waals surface area (Å²) in [7, 11) is 1.72. The van der Waals surface area contributed by atoms with Crippen molar-refractivity contribution in [1.29, 1.82) is 0 Å². The molecule has 1 saturated heterocycles. The van der Waals surface area contributed by atoms with Crippen molar-refractivity contribution in [3.63, 3.8) is 0 Å². The third-order valence-corrected chi connectivity index (χ3v) is 5.96. The molecule has 1 aromatic carbocycles. The largest absolute Gasteiger partial charge is 0.496 e. The van der Waals surface area contributed by atoms with Gasteiger partial charge in [-0.05, 0) is 25.8 Å². The maximum Gasteiger partial charge on any atom is 0.336 e. The number of methoxy groups -OCH3 is 1. The highest BCUT2D eigenvalue weighted by Gasteiger charge is 2.40. The van der Waals surface area contributed by atoms with Crippen LogP contribution >= 0.6 is 0 Å². The second-order valence-corrected chi connectivity index (χ2v) is 9.00. The molecule has 0 saturated carbocycles. The van der Waals surface area contributed by atoms with Gasteiger partial charge in [-0.1, -0.05) is 24.8 Å². The lowest BCUT2D eigenvalue weighted by molar-refractivity contribution is -0.170. The van der Waals surface area contributed by atoms with E-state index < -0.39 is 36.4 Å². The van der Waals surface area contributed by atoms with Crippen LogP contribution in [-0.4, -0.2) is 85.0 Å². The van der Waals surface area contributed by atoms with Crippen LogP contribution in [0.2, 0.25) is 0 Å². The van der Waals surface area contributed by atoms with Crippen molar-refractivity contribution in [2.24, 2.45) is 0 Å². The third kappa shape index (κ3) is 9.29. The lowest BCUT2D eigenvalue weighted by Gasteiger charge is -2.26. The fourth-order valence-electron chi connectivity index (χ4n) is 4.06. The predicted octanol–water partition coefficient (Wildman–Crippen LogP) is 2.23. The Morgan fingerprint density at radius 3 is 2.32 bits per heavy atom. The van der Waals surface area contributed by atoms with Gasteiger partial charge in [-0.2, -0.15) is 5.10 Å². The second-order valence-electron chi connectivity index (χ2n) is 9.00. The number of aryl methyl sites for hydroxylation is 1. The Morgan fingerprint density at radius 1 is 1.18 bits per heavy atom. The highest BCUT2D eigenvalue weighted by atomic mass is 16.5. The summed E-state index contributed by atoms with van der Waals surface area (Å²) in [6.45, 7) is 9.27. The van der Waals surface area contributed by atoms with Gasteiger partial charge in [0.25, 0.3) is 0 Å². The van der Waals surface area contributed by atoms with Crippen molar-refractivity contribution in [2.75, 3.05) is 20.3 Å². The summed E-state index contributed by atoms with van der Waals surface area (Å²) in [6.07, 6.45) is 4.08. The maximum atomic E-state index is 10.3. The van der Waals surface area contributed by atoms with Crippen molar-refractivity contribution in [1.82, 2.24) is 14.7 Å². The molecule has 208 valence electrons. The van der Waals surface area contributed by atoms with Gasteiger partial charge in [0, 0.05) is 49.8 Å². The molecular weight excluding hydrogens is 498 g/mol. The molecule has 0 amide bonds. The fourth-order valence-corrected chi connectivity index (χ4v) is 4.06. The summed E-state index contributed by atoms with van der Waals surface area (Å²) in [6, 6.07) is 8.20. The molecule has 2 heterocycles. The van der Waals surface area contributed by atoms with Crippen molar-refractivity contribution in [3.8, 4) is 5.75 Å². The Labute approximate surface area is 220 Å². The zero-order valence-electron chi connectivity index (χ0n) is 21.6. The second kappa shape index (κ2) is 14.3. The van der Waals surface area contributed by atoms with Gasteiger partial charge < -0.3 is 29.9 Å². The van der Waals surface area contributed by atoms with Crippen molar-refractivity contribution < 1.29 is 44.3 Å². The van der Waals surface area contributed by atoms with E-state index in [2.05, 4.69) is 28.7 Å². The molecule has 0 spiro atoms. The number of aliphatic hydroxyl groups is 1. The van der Waals surface area contributed by atoms with E-state index in [1.165, 1.54) is 11.1 Å². The minimum absolute atomic E-state index is 0.310. The van der Waals surface area contributed by atoms with Gasteiger partial charge in [-0.3, -0.25) is 14.5 Å². The monoisotopic (exact) mass is 533 g/mol. The first kappa shape index (κ1) is 30.5. The molecule has 12 heteroatoms. The predicted molar refractivity (Wildman–Crippen MR) is 137 cm³/mol. The molecule has 38 heavy (non-hydrogen) atoms. The number of ether oxygens (including phenoxy) is 2. The van der Waals surface area contributed by atoms with E-state index in [9.17, 15) is 14.4 Å². The summed E-state index contributed by atoms with van der Waals surface area (Å²) < 4.78 is 13.2. The summed E-state index contributed by atoms with van der Waals surface area (Å²) in [4.78, 5) is 32.9. The number of aromatic nitrogens is 2. The average molecular weight is 534 g/mol. The quantitative estimate of drug-likeness (QED) is 0.297. The van der Waals surface area contributed by atoms with Gasteiger partial charge >= 0.3 is 17.9 Å². The van der Waals surface area contributed by atoms with Crippen molar-refractivity contribution in [2.45, 2.75) is 57.4 Å². The molecule has 1 unspecified atom stereocenters. The molecule has 0 aliphatic carbocycles. The normalized spacial score (nSPS) is 15.0. The number of aliphatic carboxylic acids is 3. The van der Waals surface area contributed by atoms with Crippen LogP contribution in [-0.2, 0) is 32.2 Å². The minimum Gasteiger partial charge on any atom is -0.496 e. The molecule has 4 N–H and O–H groups in total. The number of benzene rings is 1. The van der Waals surface area contributed by atoms with Gasteiger partial charge in [0.15, 0.2) is 5.60 Å². The number of carboxylic acids is 3. The molecular formula is C26H35N3O9. The van der Waals surface area contributed by atoms with Gasteiger partial charge in [0.2, 0.25) is 0 Å². The molecule has 0 radical (unpaired) electrons. The fraction of sp³-hybridized carbons (Fsp3) is 0.462. The van der Waals surface area contributed by atoms with Gasteiger partial charge in [0.05, 0.1) is 31.7 Å². The molecule has 0 bridgehead atoms. The van der Waals surface area contributed by atoms with Crippen LogP contribution in [0.15, 0.2) is 37.0 Å². The molecule has 1 aliphatic heterocycles. The van der Waals surface area contributed by atoms with E-state index >= 15 is 0 Å². The zero-order valence-corrected chi connectivity index (χ0v) is 21.6. The van der Waals surface area contributed by atoms with Crippen LogP contribution in [0.5, 0.6) is 5.75 Å². The molecule has 2 aromatic rings. The molecule has 1 atom stereocenters. The minimum atomic E-state index is -2.74. The molecule has 3 rings (SSSR count). The van der Waals surface area contributed by atoms with E-state index in [1.807, 2.05) is 25.3 Å². The topological polar surface area (TPSA) is 172 Å². The average Bonchev–Trinajstić information content (AvgIpc) is 3.48. The Morgan fingerprint density at radius 2 is 1.82 bits per heavy atom. The lowest BCUT2D eigenvalue weighted by Crippen LogP contribution is -2.42. The first-order valence-electron chi connectivity index (χ1n) is 12.0. The highest BCUT2D eigenvalue weighted by molar-refractivity contribution is 5.88.